The molecule has 9 heteroatoms. The number of aryl methyl sites for hydroxylation is 1. The van der Waals surface area contributed by atoms with Crippen LogP contribution in [-0.2, 0) is 0 Å². The van der Waals surface area contributed by atoms with E-state index in [0.717, 1.165) is 47.0 Å². The zero-order valence-electron chi connectivity index (χ0n) is 18.8. The van der Waals surface area contributed by atoms with E-state index in [9.17, 15) is 4.79 Å². The maximum atomic E-state index is 13.0. The molecule has 33 heavy (non-hydrogen) atoms. The van der Waals surface area contributed by atoms with Crippen molar-refractivity contribution < 1.29 is 4.79 Å². The lowest BCUT2D eigenvalue weighted by Gasteiger charge is -2.30. The van der Waals surface area contributed by atoms with E-state index in [-0.39, 0.29) is 29.9 Å². The van der Waals surface area contributed by atoms with Crippen molar-refractivity contribution in [2.75, 3.05) is 16.9 Å². The zero-order chi connectivity index (χ0) is 23.4. The van der Waals surface area contributed by atoms with Crippen molar-refractivity contribution in [2.45, 2.75) is 49.6 Å². The van der Waals surface area contributed by atoms with Crippen LogP contribution in [0.3, 0.4) is 0 Å². The first-order chi connectivity index (χ1) is 15.9. The fourth-order valence-electron chi connectivity index (χ4n) is 4.21. The summed E-state index contributed by atoms with van der Waals surface area (Å²) in [4.78, 5) is 27.6. The van der Waals surface area contributed by atoms with Gasteiger partial charge in [-0.3, -0.25) is 10.1 Å². The molecule has 172 valence electrons. The molecule has 1 fully saturated rings. The van der Waals surface area contributed by atoms with Crippen LogP contribution in [0.4, 0.5) is 11.8 Å². The van der Waals surface area contributed by atoms with Gasteiger partial charge >= 0.3 is 0 Å². The number of carbonyl (C=O) groups is 1. The second-order valence-corrected chi connectivity index (χ2v) is 9.08. The fraction of sp³-hybridized carbons (Fsp3) is 0.333. The van der Waals surface area contributed by atoms with Gasteiger partial charge in [0.1, 0.15) is 5.82 Å². The monoisotopic (exact) mass is 463 g/mol. The molecular formula is C24H29N7OS. The van der Waals surface area contributed by atoms with Crippen molar-refractivity contribution in [3.8, 4) is 0 Å². The lowest BCUT2D eigenvalue weighted by Crippen LogP contribution is -2.38. The Balaban J connectivity index is 1.69. The van der Waals surface area contributed by atoms with Crippen molar-refractivity contribution in [2.24, 2.45) is 16.5 Å². The maximum absolute atomic E-state index is 13.0. The molecule has 1 aliphatic carbocycles. The zero-order valence-corrected chi connectivity index (χ0v) is 19.7. The highest BCUT2D eigenvalue weighted by Crippen LogP contribution is 2.29. The minimum Gasteiger partial charge on any atom is -0.370 e. The number of carbonyl (C=O) groups excluding carboxylic acids is 1. The van der Waals surface area contributed by atoms with Crippen LogP contribution >= 0.6 is 11.8 Å². The number of thioether (sulfide) groups is 1. The maximum Gasteiger partial charge on any atom is 0.259 e. The first-order valence-corrected chi connectivity index (χ1v) is 12.2. The Morgan fingerprint density at radius 1 is 1.12 bits per heavy atom. The molecule has 3 aromatic rings. The van der Waals surface area contributed by atoms with Gasteiger partial charge in [-0.25, -0.2) is 9.98 Å². The van der Waals surface area contributed by atoms with Crippen LogP contribution < -0.4 is 22.1 Å². The summed E-state index contributed by atoms with van der Waals surface area (Å²) in [5.74, 6) is 0.773. The molecule has 1 aromatic heterocycles. The summed E-state index contributed by atoms with van der Waals surface area (Å²) >= 11 is 1.52. The Bertz CT molecular complexity index is 1190. The number of hydrogen-bond acceptors (Lipinski definition) is 6. The standard InChI is InChI=1S/C24H29N7OS/c1-14-11-12-17-16(13-14)21(27-18-8-4-5-9-19(18)28-23(25)26)30-24(29-17)31-22(32)15-7-3-6-10-20(15)33-2/h3,6-7,10-13,18-19H,4-5,8-9H2,1-2H3,(H4,25,26,28)(H2,27,29,30,31,32)/t18-,19+/m0/s1. The number of fused-ring (bicyclic) bond motifs is 1. The molecule has 0 saturated heterocycles. The molecule has 1 amide bonds. The highest BCUT2D eigenvalue weighted by molar-refractivity contribution is 7.98. The molecule has 4 rings (SSSR count). The molecule has 6 N–H and O–H groups in total. The number of nitrogens with zero attached hydrogens (tertiary/aromatic N) is 3. The van der Waals surface area contributed by atoms with Gasteiger partial charge in [-0.15, -0.1) is 11.8 Å². The molecule has 0 aliphatic heterocycles. The third-order valence-corrected chi connectivity index (χ3v) is 6.59. The Morgan fingerprint density at radius 3 is 2.70 bits per heavy atom. The van der Waals surface area contributed by atoms with Gasteiger partial charge in [0.15, 0.2) is 5.96 Å². The van der Waals surface area contributed by atoms with Crippen molar-refractivity contribution in [1.82, 2.24) is 9.97 Å². The van der Waals surface area contributed by atoms with Crippen molar-refractivity contribution in [1.29, 1.82) is 0 Å². The number of aliphatic imine (C=N–C) groups is 1. The number of amides is 1. The molecule has 0 unspecified atom stereocenters. The molecule has 1 saturated carbocycles. The number of aromatic nitrogens is 2. The number of nitrogens with one attached hydrogen (secondary N) is 2. The summed E-state index contributed by atoms with van der Waals surface area (Å²) in [5, 5.41) is 7.33. The smallest absolute Gasteiger partial charge is 0.259 e. The third kappa shape index (κ3) is 5.36. The summed E-state index contributed by atoms with van der Waals surface area (Å²) in [5.41, 5.74) is 13.8. The number of benzene rings is 2. The number of hydrogen-bond donors (Lipinski definition) is 4. The Kier molecular flexibility index (Phi) is 6.98. The minimum atomic E-state index is -0.242. The van der Waals surface area contributed by atoms with Crippen LogP contribution in [0.15, 0.2) is 52.4 Å². The second-order valence-electron chi connectivity index (χ2n) is 8.23. The van der Waals surface area contributed by atoms with Crippen LogP contribution in [-0.4, -0.2) is 40.2 Å². The number of nitrogens with two attached hydrogens (primary N) is 2. The predicted octanol–water partition coefficient (Wildman–Crippen LogP) is 3.91. The Labute approximate surface area is 197 Å². The quantitative estimate of drug-likeness (QED) is 0.248. The van der Waals surface area contributed by atoms with Gasteiger partial charge in [-0.05, 0) is 50.3 Å². The summed E-state index contributed by atoms with van der Waals surface area (Å²) in [6.07, 6.45) is 5.96. The topological polar surface area (TPSA) is 131 Å². The van der Waals surface area contributed by atoms with E-state index in [2.05, 4.69) is 20.6 Å². The number of guanidine groups is 1. The molecule has 0 radical (unpaired) electrons. The largest absolute Gasteiger partial charge is 0.370 e. The van der Waals surface area contributed by atoms with Gasteiger partial charge in [0.05, 0.1) is 23.2 Å². The molecular weight excluding hydrogens is 434 g/mol. The molecule has 8 nitrogen and oxygen atoms in total. The first kappa shape index (κ1) is 22.8. The van der Waals surface area contributed by atoms with E-state index < -0.39 is 0 Å². The molecule has 1 heterocycles. The van der Waals surface area contributed by atoms with Crippen LogP contribution in [0.2, 0.25) is 0 Å². The second kappa shape index (κ2) is 10.1. The predicted molar refractivity (Wildman–Crippen MR) is 136 cm³/mol. The van der Waals surface area contributed by atoms with Crippen LogP contribution in [0.25, 0.3) is 10.9 Å². The Morgan fingerprint density at radius 2 is 1.91 bits per heavy atom. The average Bonchev–Trinajstić information content (AvgIpc) is 2.80. The van der Waals surface area contributed by atoms with Crippen LogP contribution in [0.1, 0.15) is 41.6 Å². The molecule has 2 atom stereocenters. The molecule has 2 aromatic carbocycles. The number of anilines is 2. The molecule has 1 aliphatic rings. The molecule has 0 spiro atoms. The van der Waals surface area contributed by atoms with Gasteiger partial charge in [-0.2, -0.15) is 4.98 Å². The van der Waals surface area contributed by atoms with Gasteiger partial charge in [-0.1, -0.05) is 36.6 Å². The lowest BCUT2D eigenvalue weighted by molar-refractivity contribution is 0.102. The lowest BCUT2D eigenvalue weighted by atomic mass is 9.90. The summed E-state index contributed by atoms with van der Waals surface area (Å²) in [7, 11) is 0. The van der Waals surface area contributed by atoms with E-state index in [1.165, 1.54) is 11.8 Å². The highest BCUT2D eigenvalue weighted by atomic mass is 32.2. The van der Waals surface area contributed by atoms with Crippen molar-refractivity contribution >= 4 is 46.3 Å². The van der Waals surface area contributed by atoms with Gasteiger partial charge < -0.3 is 16.8 Å². The van der Waals surface area contributed by atoms with E-state index in [1.807, 2.05) is 49.6 Å². The van der Waals surface area contributed by atoms with E-state index in [4.69, 9.17) is 16.5 Å². The van der Waals surface area contributed by atoms with Crippen molar-refractivity contribution in [3.05, 3.63) is 53.6 Å². The van der Waals surface area contributed by atoms with Gasteiger partial charge in [0.25, 0.3) is 5.91 Å². The fourth-order valence-corrected chi connectivity index (χ4v) is 4.81. The van der Waals surface area contributed by atoms with Crippen LogP contribution in [0.5, 0.6) is 0 Å². The van der Waals surface area contributed by atoms with Crippen LogP contribution in [0, 0.1) is 6.92 Å². The number of rotatable bonds is 6. The SMILES string of the molecule is CSc1ccccc1C(=O)Nc1nc(N[C@H]2CCCC[C@H]2N=C(N)N)c2cc(C)ccc2n1. The summed E-state index contributed by atoms with van der Waals surface area (Å²) in [6.45, 7) is 2.03. The van der Waals surface area contributed by atoms with Gasteiger partial charge in [0, 0.05) is 10.3 Å². The summed E-state index contributed by atoms with van der Waals surface area (Å²) < 4.78 is 0. The van der Waals surface area contributed by atoms with Crippen molar-refractivity contribution in [3.63, 3.8) is 0 Å². The summed E-state index contributed by atoms with van der Waals surface area (Å²) in [6, 6.07) is 13.5. The first-order valence-electron chi connectivity index (χ1n) is 11.0. The minimum absolute atomic E-state index is 0.0231. The van der Waals surface area contributed by atoms with Gasteiger partial charge in [0.2, 0.25) is 5.95 Å². The Hall–Kier alpha value is -3.33. The third-order valence-electron chi connectivity index (χ3n) is 5.79. The average molecular weight is 464 g/mol. The normalized spacial score (nSPS) is 18.0. The van der Waals surface area contributed by atoms with E-state index >= 15 is 0 Å². The van der Waals surface area contributed by atoms with E-state index in [1.54, 1.807) is 6.07 Å². The highest BCUT2D eigenvalue weighted by Gasteiger charge is 2.26. The molecule has 0 bridgehead atoms. The van der Waals surface area contributed by atoms with E-state index in [0.29, 0.717) is 11.4 Å².